The predicted molar refractivity (Wildman–Crippen MR) is 74.1 cm³/mol. The molecule has 0 radical (unpaired) electrons. The third kappa shape index (κ3) is 3.41. The SMILES string of the molecule is COC(=O)c1cn(CC(=O)Nc2ccccc2Br)nn1. The minimum atomic E-state index is -0.595. The van der Waals surface area contributed by atoms with Gasteiger partial charge in [-0.05, 0) is 28.1 Å². The maximum Gasteiger partial charge on any atom is 0.360 e. The molecule has 1 aromatic heterocycles. The van der Waals surface area contributed by atoms with Crippen LogP contribution in [0.5, 0.6) is 0 Å². The number of rotatable bonds is 4. The van der Waals surface area contributed by atoms with Crippen LogP contribution in [0.25, 0.3) is 0 Å². The van der Waals surface area contributed by atoms with Crippen molar-refractivity contribution in [1.82, 2.24) is 15.0 Å². The highest BCUT2D eigenvalue weighted by Gasteiger charge is 2.12. The summed E-state index contributed by atoms with van der Waals surface area (Å²) in [4.78, 5) is 23.0. The van der Waals surface area contributed by atoms with Gasteiger partial charge >= 0.3 is 5.97 Å². The number of methoxy groups -OCH3 is 1. The van der Waals surface area contributed by atoms with Crippen LogP contribution in [0.15, 0.2) is 34.9 Å². The fourth-order valence-corrected chi connectivity index (χ4v) is 1.86. The first-order valence-corrected chi connectivity index (χ1v) is 6.42. The number of para-hydroxylation sites is 1. The van der Waals surface area contributed by atoms with Crippen LogP contribution in [0, 0.1) is 0 Å². The number of carbonyl (C=O) groups is 2. The van der Waals surface area contributed by atoms with Crippen LogP contribution in [0.1, 0.15) is 10.5 Å². The van der Waals surface area contributed by atoms with Gasteiger partial charge in [0.25, 0.3) is 0 Å². The summed E-state index contributed by atoms with van der Waals surface area (Å²) in [6, 6.07) is 7.24. The van der Waals surface area contributed by atoms with Gasteiger partial charge in [-0.2, -0.15) is 0 Å². The molecule has 0 aliphatic rings. The van der Waals surface area contributed by atoms with Gasteiger partial charge < -0.3 is 10.1 Å². The van der Waals surface area contributed by atoms with E-state index in [1.165, 1.54) is 18.0 Å². The van der Waals surface area contributed by atoms with Crippen LogP contribution in [0.3, 0.4) is 0 Å². The molecule has 0 saturated heterocycles. The molecule has 1 amide bonds. The topological polar surface area (TPSA) is 86.1 Å². The molecule has 0 atom stereocenters. The molecule has 8 heteroatoms. The molecule has 0 aliphatic heterocycles. The first-order valence-electron chi connectivity index (χ1n) is 5.63. The lowest BCUT2D eigenvalue weighted by molar-refractivity contribution is -0.116. The standard InChI is InChI=1S/C12H11BrN4O3/c1-20-12(19)10-6-17(16-15-10)7-11(18)14-9-5-3-2-4-8(9)13/h2-6H,7H2,1H3,(H,14,18). The largest absolute Gasteiger partial charge is 0.464 e. The highest BCUT2D eigenvalue weighted by molar-refractivity contribution is 9.10. The lowest BCUT2D eigenvalue weighted by Crippen LogP contribution is -2.19. The second-order valence-corrected chi connectivity index (χ2v) is 4.68. The number of halogens is 1. The molecular weight excluding hydrogens is 328 g/mol. The average Bonchev–Trinajstić information content (AvgIpc) is 2.89. The van der Waals surface area contributed by atoms with E-state index in [-0.39, 0.29) is 18.1 Å². The van der Waals surface area contributed by atoms with Crippen molar-refractivity contribution in [3.05, 3.63) is 40.6 Å². The minimum absolute atomic E-state index is 0.0503. The molecule has 20 heavy (non-hydrogen) atoms. The summed E-state index contributed by atoms with van der Waals surface area (Å²) in [6.45, 7) is -0.0503. The Morgan fingerprint density at radius 2 is 2.15 bits per heavy atom. The summed E-state index contributed by atoms with van der Waals surface area (Å²) in [5.41, 5.74) is 0.715. The average molecular weight is 339 g/mol. The Morgan fingerprint density at radius 3 is 2.85 bits per heavy atom. The zero-order chi connectivity index (χ0) is 14.5. The van der Waals surface area contributed by atoms with E-state index in [1.807, 2.05) is 18.2 Å². The summed E-state index contributed by atoms with van der Waals surface area (Å²) in [5.74, 6) is -0.874. The van der Waals surface area contributed by atoms with Gasteiger partial charge in [0.1, 0.15) is 6.54 Å². The molecule has 7 nitrogen and oxygen atoms in total. The van der Waals surface area contributed by atoms with Crippen LogP contribution >= 0.6 is 15.9 Å². The van der Waals surface area contributed by atoms with E-state index in [1.54, 1.807) is 6.07 Å². The van der Waals surface area contributed by atoms with E-state index in [0.717, 1.165) is 4.47 Å². The highest BCUT2D eigenvalue weighted by Crippen LogP contribution is 2.20. The van der Waals surface area contributed by atoms with E-state index in [2.05, 4.69) is 36.3 Å². The van der Waals surface area contributed by atoms with Crippen LogP contribution in [0.2, 0.25) is 0 Å². The monoisotopic (exact) mass is 338 g/mol. The van der Waals surface area contributed by atoms with Gasteiger partial charge in [-0.15, -0.1) is 5.10 Å². The molecular formula is C12H11BrN4O3. The number of ether oxygens (including phenoxy) is 1. The van der Waals surface area contributed by atoms with Crippen molar-refractivity contribution in [2.75, 3.05) is 12.4 Å². The number of anilines is 1. The number of esters is 1. The Morgan fingerprint density at radius 1 is 1.40 bits per heavy atom. The van der Waals surface area contributed by atoms with Crippen molar-refractivity contribution in [2.45, 2.75) is 6.54 Å². The van der Waals surface area contributed by atoms with Crippen molar-refractivity contribution in [3.63, 3.8) is 0 Å². The van der Waals surface area contributed by atoms with Gasteiger partial charge in [0.05, 0.1) is 19.0 Å². The minimum Gasteiger partial charge on any atom is -0.464 e. The lowest BCUT2D eigenvalue weighted by atomic mass is 10.3. The van der Waals surface area contributed by atoms with E-state index in [9.17, 15) is 9.59 Å². The van der Waals surface area contributed by atoms with Crippen LogP contribution < -0.4 is 5.32 Å². The zero-order valence-corrected chi connectivity index (χ0v) is 12.1. The Balaban J connectivity index is 2.00. The fourth-order valence-electron chi connectivity index (χ4n) is 1.47. The maximum absolute atomic E-state index is 11.8. The van der Waals surface area contributed by atoms with E-state index in [0.29, 0.717) is 5.69 Å². The van der Waals surface area contributed by atoms with Crippen LogP contribution in [0.4, 0.5) is 5.69 Å². The number of aromatic nitrogens is 3. The van der Waals surface area contributed by atoms with Crippen molar-refractivity contribution < 1.29 is 14.3 Å². The molecule has 1 N–H and O–H groups in total. The molecule has 104 valence electrons. The van der Waals surface area contributed by atoms with Crippen molar-refractivity contribution in [3.8, 4) is 0 Å². The summed E-state index contributed by atoms with van der Waals surface area (Å²) in [6.07, 6.45) is 1.35. The molecule has 0 bridgehead atoms. The maximum atomic E-state index is 11.8. The normalized spacial score (nSPS) is 10.1. The Hall–Kier alpha value is -2.22. The lowest BCUT2D eigenvalue weighted by Gasteiger charge is -2.06. The number of amides is 1. The smallest absolute Gasteiger partial charge is 0.360 e. The van der Waals surface area contributed by atoms with E-state index < -0.39 is 5.97 Å². The van der Waals surface area contributed by atoms with Gasteiger partial charge in [-0.25, -0.2) is 9.48 Å². The molecule has 2 rings (SSSR count). The Labute approximate surface area is 123 Å². The van der Waals surface area contributed by atoms with Crippen molar-refractivity contribution in [1.29, 1.82) is 0 Å². The van der Waals surface area contributed by atoms with Crippen LogP contribution in [-0.4, -0.2) is 34.0 Å². The first-order chi connectivity index (χ1) is 9.60. The van der Waals surface area contributed by atoms with Gasteiger partial charge in [0.15, 0.2) is 5.69 Å². The van der Waals surface area contributed by atoms with E-state index in [4.69, 9.17) is 0 Å². The third-order valence-corrected chi connectivity index (χ3v) is 3.08. The number of hydrogen-bond donors (Lipinski definition) is 1. The Bertz CT molecular complexity index is 641. The molecule has 0 unspecified atom stereocenters. The second kappa shape index (κ2) is 6.29. The number of benzene rings is 1. The number of hydrogen-bond acceptors (Lipinski definition) is 5. The van der Waals surface area contributed by atoms with E-state index >= 15 is 0 Å². The quantitative estimate of drug-likeness (QED) is 0.853. The van der Waals surface area contributed by atoms with Gasteiger partial charge in [-0.3, -0.25) is 4.79 Å². The van der Waals surface area contributed by atoms with Gasteiger partial charge in [0.2, 0.25) is 5.91 Å². The number of carbonyl (C=O) groups excluding carboxylic acids is 2. The summed E-state index contributed by atoms with van der Waals surface area (Å²) >= 11 is 3.33. The number of nitrogens with zero attached hydrogens (tertiary/aromatic N) is 3. The molecule has 1 heterocycles. The van der Waals surface area contributed by atoms with Crippen molar-refractivity contribution in [2.24, 2.45) is 0 Å². The molecule has 2 aromatic rings. The summed E-state index contributed by atoms with van der Waals surface area (Å²) < 4.78 is 6.55. The van der Waals surface area contributed by atoms with Crippen molar-refractivity contribution >= 4 is 33.5 Å². The summed E-state index contributed by atoms with van der Waals surface area (Å²) in [5, 5.41) is 10.0. The summed E-state index contributed by atoms with van der Waals surface area (Å²) in [7, 11) is 1.25. The van der Waals surface area contributed by atoms with Crippen LogP contribution in [-0.2, 0) is 16.1 Å². The molecule has 0 saturated carbocycles. The third-order valence-electron chi connectivity index (χ3n) is 2.39. The highest BCUT2D eigenvalue weighted by atomic mass is 79.9. The molecule has 0 fully saturated rings. The number of nitrogens with one attached hydrogen (secondary N) is 1. The molecule has 0 spiro atoms. The molecule has 0 aliphatic carbocycles. The van der Waals surface area contributed by atoms with Gasteiger partial charge in [-0.1, -0.05) is 17.3 Å². The Kier molecular flexibility index (Phi) is 4.46. The van der Waals surface area contributed by atoms with Gasteiger partial charge in [0, 0.05) is 4.47 Å². The zero-order valence-electron chi connectivity index (χ0n) is 10.5. The second-order valence-electron chi connectivity index (χ2n) is 3.82. The fraction of sp³-hybridized carbons (Fsp3) is 0.167. The first kappa shape index (κ1) is 14.2. The predicted octanol–water partition coefficient (Wildman–Crippen LogP) is 1.47. The molecule has 1 aromatic carbocycles.